The van der Waals surface area contributed by atoms with Crippen molar-refractivity contribution in [1.29, 1.82) is 0 Å². The molecule has 0 radical (unpaired) electrons. The highest BCUT2D eigenvalue weighted by molar-refractivity contribution is 5.14. The first-order valence-electron chi connectivity index (χ1n) is 6.03. The molecule has 0 bridgehead atoms. The first-order valence-corrected chi connectivity index (χ1v) is 6.03. The first kappa shape index (κ1) is 11.7. The van der Waals surface area contributed by atoms with Crippen LogP contribution in [0.1, 0.15) is 37.5 Å². The number of furan rings is 1. The van der Waals surface area contributed by atoms with Gasteiger partial charge in [0.15, 0.2) is 0 Å². The fourth-order valence-corrected chi connectivity index (χ4v) is 2.57. The van der Waals surface area contributed by atoms with Crippen molar-refractivity contribution in [2.75, 3.05) is 6.61 Å². The second-order valence-corrected chi connectivity index (χ2v) is 5.16. The van der Waals surface area contributed by atoms with Gasteiger partial charge in [-0.15, -0.1) is 0 Å². The molecule has 2 rings (SSSR count). The van der Waals surface area contributed by atoms with Crippen LogP contribution in [0.3, 0.4) is 0 Å². The maximum atomic E-state index is 9.44. The lowest BCUT2D eigenvalue weighted by Gasteiger charge is -2.30. The molecule has 1 saturated carbocycles. The predicted octanol–water partition coefficient (Wildman–Crippen LogP) is 2.23. The van der Waals surface area contributed by atoms with Crippen LogP contribution in [0, 0.1) is 12.3 Å². The van der Waals surface area contributed by atoms with Crippen molar-refractivity contribution < 1.29 is 9.52 Å². The predicted molar refractivity (Wildman–Crippen MR) is 63.1 cm³/mol. The molecular formula is C13H21NO2. The maximum Gasteiger partial charge on any atom is 0.120 e. The molecule has 1 aliphatic carbocycles. The largest absolute Gasteiger partial charge is 0.468 e. The Kier molecular flexibility index (Phi) is 3.36. The quantitative estimate of drug-likeness (QED) is 0.822. The molecule has 1 aromatic heterocycles. The van der Waals surface area contributed by atoms with Crippen LogP contribution in [-0.4, -0.2) is 17.8 Å². The highest BCUT2D eigenvalue weighted by Gasteiger charge is 2.37. The topological polar surface area (TPSA) is 45.4 Å². The number of hydrogen-bond donors (Lipinski definition) is 2. The third kappa shape index (κ3) is 2.15. The Bertz CT molecular complexity index is 347. The monoisotopic (exact) mass is 223 g/mol. The second-order valence-electron chi connectivity index (χ2n) is 5.16. The molecule has 3 heteroatoms. The van der Waals surface area contributed by atoms with Crippen LogP contribution in [0.4, 0.5) is 0 Å². The summed E-state index contributed by atoms with van der Waals surface area (Å²) >= 11 is 0. The molecule has 1 heterocycles. The summed E-state index contributed by atoms with van der Waals surface area (Å²) in [5.74, 6) is 1.01. The van der Waals surface area contributed by atoms with Crippen LogP contribution in [0.15, 0.2) is 16.7 Å². The lowest BCUT2D eigenvalue weighted by molar-refractivity contribution is 0.117. The third-order valence-corrected chi connectivity index (χ3v) is 3.92. The van der Waals surface area contributed by atoms with Crippen LogP contribution in [-0.2, 0) is 6.54 Å². The fourth-order valence-electron chi connectivity index (χ4n) is 2.57. The summed E-state index contributed by atoms with van der Waals surface area (Å²) in [6, 6.07) is 2.39. The van der Waals surface area contributed by atoms with Crippen molar-refractivity contribution in [2.45, 2.75) is 45.7 Å². The number of nitrogens with one attached hydrogen (secondary N) is 1. The number of aryl methyl sites for hydroxylation is 1. The van der Waals surface area contributed by atoms with Gasteiger partial charge in [0.2, 0.25) is 0 Å². The van der Waals surface area contributed by atoms with Crippen LogP contribution >= 0.6 is 0 Å². The van der Waals surface area contributed by atoms with E-state index in [0.717, 1.165) is 25.1 Å². The Morgan fingerprint density at radius 1 is 1.62 bits per heavy atom. The maximum absolute atomic E-state index is 9.44. The van der Waals surface area contributed by atoms with Gasteiger partial charge in [-0.3, -0.25) is 0 Å². The molecule has 1 aromatic rings. The minimum Gasteiger partial charge on any atom is -0.468 e. The van der Waals surface area contributed by atoms with Crippen LogP contribution in [0.5, 0.6) is 0 Å². The van der Waals surface area contributed by atoms with Gasteiger partial charge in [0.05, 0.1) is 12.8 Å². The van der Waals surface area contributed by atoms with Crippen molar-refractivity contribution in [2.24, 2.45) is 5.41 Å². The van der Waals surface area contributed by atoms with Gasteiger partial charge in [0.25, 0.3) is 0 Å². The first-order chi connectivity index (χ1) is 7.65. The molecule has 2 atom stereocenters. The minimum absolute atomic E-state index is 0.0422. The van der Waals surface area contributed by atoms with E-state index in [-0.39, 0.29) is 12.0 Å². The van der Waals surface area contributed by atoms with E-state index in [0.29, 0.717) is 6.04 Å². The van der Waals surface area contributed by atoms with E-state index in [9.17, 15) is 5.11 Å². The number of aliphatic hydroxyl groups excluding tert-OH is 1. The van der Waals surface area contributed by atoms with E-state index in [1.807, 2.05) is 6.07 Å². The Balaban J connectivity index is 1.93. The summed E-state index contributed by atoms with van der Waals surface area (Å²) in [5.41, 5.74) is 1.23. The summed E-state index contributed by atoms with van der Waals surface area (Å²) in [5, 5.41) is 13.0. The highest BCUT2D eigenvalue weighted by Crippen LogP contribution is 2.37. The van der Waals surface area contributed by atoms with Gasteiger partial charge in [-0.05, 0) is 31.4 Å². The molecule has 1 aliphatic rings. The minimum atomic E-state index is 0.0422. The average molecular weight is 223 g/mol. The Hall–Kier alpha value is -0.800. The number of aliphatic hydroxyl groups is 1. The second kappa shape index (κ2) is 4.60. The van der Waals surface area contributed by atoms with E-state index in [1.54, 1.807) is 6.26 Å². The summed E-state index contributed by atoms with van der Waals surface area (Å²) in [6.07, 6.45) is 5.19. The highest BCUT2D eigenvalue weighted by atomic mass is 16.3. The zero-order valence-electron chi connectivity index (χ0n) is 10.1. The van der Waals surface area contributed by atoms with Crippen LogP contribution < -0.4 is 5.32 Å². The van der Waals surface area contributed by atoms with Crippen molar-refractivity contribution in [1.82, 2.24) is 5.32 Å². The number of hydrogen-bond acceptors (Lipinski definition) is 3. The van der Waals surface area contributed by atoms with E-state index >= 15 is 0 Å². The van der Waals surface area contributed by atoms with Gasteiger partial charge in [0.1, 0.15) is 5.76 Å². The standard InChI is InChI=1S/C13H21NO2/c1-10-5-7-16-11(10)8-14-12-4-3-6-13(12,2)9-15/h5,7,12,14-15H,3-4,6,8-9H2,1-2H3. The number of rotatable bonds is 4. The van der Waals surface area contributed by atoms with Gasteiger partial charge in [-0.25, -0.2) is 0 Å². The molecule has 0 amide bonds. The molecule has 16 heavy (non-hydrogen) atoms. The molecule has 2 unspecified atom stereocenters. The third-order valence-electron chi connectivity index (χ3n) is 3.92. The van der Waals surface area contributed by atoms with E-state index in [2.05, 4.69) is 19.2 Å². The van der Waals surface area contributed by atoms with Crippen molar-refractivity contribution >= 4 is 0 Å². The van der Waals surface area contributed by atoms with Crippen molar-refractivity contribution in [3.05, 3.63) is 23.7 Å². The Morgan fingerprint density at radius 2 is 2.44 bits per heavy atom. The zero-order valence-corrected chi connectivity index (χ0v) is 10.1. The van der Waals surface area contributed by atoms with Gasteiger partial charge in [-0.2, -0.15) is 0 Å². The van der Waals surface area contributed by atoms with E-state index < -0.39 is 0 Å². The van der Waals surface area contributed by atoms with Crippen molar-refractivity contribution in [3.63, 3.8) is 0 Å². The molecule has 1 fully saturated rings. The summed E-state index contributed by atoms with van der Waals surface area (Å²) in [6.45, 7) is 5.24. The Labute approximate surface area is 96.8 Å². The zero-order chi connectivity index (χ0) is 11.6. The SMILES string of the molecule is Cc1ccoc1CNC1CCCC1(C)CO. The lowest BCUT2D eigenvalue weighted by atomic mass is 9.86. The van der Waals surface area contributed by atoms with Gasteiger partial charge in [0, 0.05) is 18.1 Å². The van der Waals surface area contributed by atoms with Crippen LogP contribution in [0.25, 0.3) is 0 Å². The molecule has 0 saturated heterocycles. The molecule has 2 N–H and O–H groups in total. The fraction of sp³-hybridized carbons (Fsp3) is 0.692. The van der Waals surface area contributed by atoms with Gasteiger partial charge < -0.3 is 14.8 Å². The summed E-state index contributed by atoms with van der Waals surface area (Å²) < 4.78 is 5.40. The van der Waals surface area contributed by atoms with E-state index in [1.165, 1.54) is 12.0 Å². The smallest absolute Gasteiger partial charge is 0.120 e. The van der Waals surface area contributed by atoms with Crippen LogP contribution in [0.2, 0.25) is 0 Å². The molecule has 90 valence electrons. The Morgan fingerprint density at radius 3 is 3.06 bits per heavy atom. The molecule has 0 aliphatic heterocycles. The normalized spacial score (nSPS) is 29.8. The summed E-state index contributed by atoms with van der Waals surface area (Å²) in [7, 11) is 0. The molecule has 0 spiro atoms. The summed E-state index contributed by atoms with van der Waals surface area (Å²) in [4.78, 5) is 0. The van der Waals surface area contributed by atoms with Crippen molar-refractivity contribution in [3.8, 4) is 0 Å². The van der Waals surface area contributed by atoms with Gasteiger partial charge in [-0.1, -0.05) is 13.3 Å². The molecular weight excluding hydrogens is 202 g/mol. The van der Waals surface area contributed by atoms with E-state index in [4.69, 9.17) is 4.42 Å². The molecule has 0 aromatic carbocycles. The average Bonchev–Trinajstić information content (AvgIpc) is 2.83. The van der Waals surface area contributed by atoms with Gasteiger partial charge >= 0.3 is 0 Å². The lowest BCUT2D eigenvalue weighted by Crippen LogP contribution is -2.41. The molecule has 3 nitrogen and oxygen atoms in total.